The third-order valence-electron chi connectivity index (χ3n) is 6.56. The average Bonchev–Trinajstić information content (AvgIpc) is 3.33. The van der Waals surface area contributed by atoms with Crippen molar-refractivity contribution in [3.8, 4) is 22.4 Å². The molecule has 0 atom stereocenters. The van der Waals surface area contributed by atoms with Crippen molar-refractivity contribution in [2.45, 2.75) is 11.4 Å². The number of halogens is 3. The van der Waals surface area contributed by atoms with E-state index < -0.39 is 27.2 Å². The molecule has 0 aliphatic carbocycles. The van der Waals surface area contributed by atoms with Crippen molar-refractivity contribution in [1.29, 1.82) is 0 Å². The Balaban J connectivity index is 1.47. The third-order valence-corrected chi connectivity index (χ3v) is 8.22. The molecule has 42 heavy (non-hydrogen) atoms. The van der Waals surface area contributed by atoms with Crippen molar-refractivity contribution in [3.63, 3.8) is 0 Å². The molecule has 212 valence electrons. The van der Waals surface area contributed by atoms with Crippen LogP contribution in [0, 0.1) is 5.82 Å². The minimum atomic E-state index is -3.32. The molecule has 0 unspecified atom stereocenters. The van der Waals surface area contributed by atoms with Gasteiger partial charge in [-0.15, -0.1) is 0 Å². The van der Waals surface area contributed by atoms with Crippen LogP contribution in [0.1, 0.15) is 27.3 Å². The van der Waals surface area contributed by atoms with Crippen molar-refractivity contribution in [2.24, 2.45) is 0 Å². The first kappa shape index (κ1) is 29.3. The minimum Gasteiger partial charge on any atom is -0.478 e. The zero-order valence-electron chi connectivity index (χ0n) is 22.1. The lowest BCUT2D eigenvalue weighted by molar-refractivity contribution is 0.0692. The van der Waals surface area contributed by atoms with Gasteiger partial charge in [0.15, 0.2) is 9.84 Å². The molecule has 0 saturated carbocycles. The van der Waals surface area contributed by atoms with Crippen LogP contribution in [0.25, 0.3) is 34.5 Å². The summed E-state index contributed by atoms with van der Waals surface area (Å²) in [7, 11) is -3.32. The Morgan fingerprint density at radius 2 is 1.71 bits per heavy atom. The van der Waals surface area contributed by atoms with E-state index in [1.165, 1.54) is 18.4 Å². The van der Waals surface area contributed by atoms with E-state index in [2.05, 4.69) is 0 Å². The van der Waals surface area contributed by atoms with Gasteiger partial charge in [0.25, 0.3) is 0 Å². The van der Waals surface area contributed by atoms with Crippen molar-refractivity contribution in [2.75, 3.05) is 6.26 Å². The highest BCUT2D eigenvalue weighted by Gasteiger charge is 2.15. The predicted molar refractivity (Wildman–Crippen MR) is 164 cm³/mol. The second-order valence-corrected chi connectivity index (χ2v) is 12.5. The summed E-state index contributed by atoms with van der Waals surface area (Å²) in [6.07, 6.45) is 6.65. The van der Waals surface area contributed by atoms with Crippen LogP contribution in [0.15, 0.2) is 96.0 Å². The molecule has 4 aromatic carbocycles. The minimum absolute atomic E-state index is 0.227. The van der Waals surface area contributed by atoms with Gasteiger partial charge in [0, 0.05) is 29.6 Å². The van der Waals surface area contributed by atoms with Crippen LogP contribution in [-0.4, -0.2) is 35.3 Å². The first-order valence-corrected chi connectivity index (χ1v) is 15.3. The highest BCUT2D eigenvalue weighted by molar-refractivity contribution is 7.90. The Labute approximate surface area is 252 Å². The number of nitrogens with zero attached hydrogens (tertiary/aromatic N) is 2. The molecule has 0 aliphatic rings. The Morgan fingerprint density at radius 3 is 2.38 bits per heavy atom. The smallest absolute Gasteiger partial charge is 0.338 e. The second-order valence-electron chi connectivity index (χ2n) is 9.61. The van der Waals surface area contributed by atoms with Gasteiger partial charge in [-0.25, -0.2) is 22.6 Å². The summed E-state index contributed by atoms with van der Waals surface area (Å²) in [6.45, 7) is 0.227. The summed E-state index contributed by atoms with van der Waals surface area (Å²) in [5.74, 6) is -1.59. The molecule has 0 saturated heterocycles. The number of carbonyl (C=O) groups is 1. The fraction of sp³-hybridized carbons (Fsp3) is 0.0625. The lowest BCUT2D eigenvalue weighted by atomic mass is 10.0. The number of sulfone groups is 1. The molecule has 0 fully saturated rings. The molecule has 10 heteroatoms. The van der Waals surface area contributed by atoms with E-state index in [0.717, 1.165) is 16.7 Å². The fourth-order valence-corrected chi connectivity index (χ4v) is 5.58. The Morgan fingerprint density at radius 1 is 0.952 bits per heavy atom. The molecule has 0 aliphatic heterocycles. The van der Waals surface area contributed by atoms with Crippen LogP contribution in [0.4, 0.5) is 4.39 Å². The summed E-state index contributed by atoms with van der Waals surface area (Å²) < 4.78 is 40.1. The van der Waals surface area contributed by atoms with Gasteiger partial charge in [0.2, 0.25) is 0 Å². The Bertz CT molecular complexity index is 1950. The van der Waals surface area contributed by atoms with E-state index >= 15 is 0 Å². The number of aromatic nitrogens is 2. The van der Waals surface area contributed by atoms with Gasteiger partial charge in [-0.05, 0) is 70.8 Å². The molecule has 0 bridgehead atoms. The Kier molecular flexibility index (Phi) is 8.31. The number of benzene rings is 4. The molecule has 6 nitrogen and oxygen atoms in total. The molecule has 1 aromatic heterocycles. The normalized spacial score (nSPS) is 11.7. The van der Waals surface area contributed by atoms with Gasteiger partial charge >= 0.3 is 5.97 Å². The largest absolute Gasteiger partial charge is 0.478 e. The molecule has 1 heterocycles. The zero-order valence-corrected chi connectivity index (χ0v) is 24.5. The van der Waals surface area contributed by atoms with E-state index in [1.54, 1.807) is 48.7 Å². The number of aromatic carboxylic acids is 1. The number of carboxylic acids is 1. The van der Waals surface area contributed by atoms with Gasteiger partial charge in [-0.1, -0.05) is 71.7 Å². The maximum atomic E-state index is 14.4. The number of carboxylic acid groups (broad SMARTS) is 1. The highest BCUT2D eigenvalue weighted by atomic mass is 35.5. The van der Waals surface area contributed by atoms with Crippen molar-refractivity contribution < 1.29 is 22.7 Å². The quantitative estimate of drug-likeness (QED) is 0.190. The number of imidazole rings is 1. The van der Waals surface area contributed by atoms with E-state index in [-0.39, 0.29) is 11.4 Å². The standard InChI is InChI=1S/C32H23Cl2FN2O4S/c1-42(40,41)25-4-2-3-23(16-25)22-9-5-20(6-10-22)8-14-31-36-30(26-13-11-24(33)17-28(26)34)19-37(31)18-21-7-12-27(32(38)39)29(35)15-21/h2-17,19H,18H2,1H3,(H,38,39)/b14-8+. The van der Waals surface area contributed by atoms with E-state index in [0.29, 0.717) is 32.7 Å². The third kappa shape index (κ3) is 6.62. The summed E-state index contributed by atoms with van der Waals surface area (Å²) in [5.41, 5.74) is 3.93. The van der Waals surface area contributed by atoms with Crippen LogP contribution >= 0.6 is 23.2 Å². The second kappa shape index (κ2) is 11.9. The maximum absolute atomic E-state index is 14.4. The van der Waals surface area contributed by atoms with Crippen LogP contribution in [0.2, 0.25) is 10.0 Å². The van der Waals surface area contributed by atoms with Crippen LogP contribution in [0.5, 0.6) is 0 Å². The molecule has 5 rings (SSSR count). The number of hydrogen-bond acceptors (Lipinski definition) is 4. The summed E-state index contributed by atoms with van der Waals surface area (Å²) in [5, 5.41) is 10.1. The van der Waals surface area contributed by atoms with Crippen molar-refractivity contribution in [3.05, 3.63) is 130 Å². The lowest BCUT2D eigenvalue weighted by Gasteiger charge is -2.07. The highest BCUT2D eigenvalue weighted by Crippen LogP contribution is 2.31. The van der Waals surface area contributed by atoms with Crippen molar-refractivity contribution >= 4 is 51.2 Å². The van der Waals surface area contributed by atoms with Gasteiger partial charge in [0.05, 0.1) is 21.2 Å². The van der Waals surface area contributed by atoms with Crippen LogP contribution < -0.4 is 0 Å². The maximum Gasteiger partial charge on any atom is 0.338 e. The molecule has 1 N–H and O–H groups in total. The lowest BCUT2D eigenvalue weighted by Crippen LogP contribution is -2.04. The first-order valence-electron chi connectivity index (χ1n) is 12.6. The molecular weight excluding hydrogens is 598 g/mol. The SMILES string of the molecule is CS(=O)(=O)c1cccc(-c2ccc(/C=C/c3nc(-c4ccc(Cl)cc4Cl)cn3Cc3ccc(C(=O)O)c(F)c3)cc2)c1. The zero-order chi connectivity index (χ0) is 30.0. The van der Waals surface area contributed by atoms with Gasteiger partial charge in [-0.2, -0.15) is 0 Å². The topological polar surface area (TPSA) is 89.3 Å². The monoisotopic (exact) mass is 620 g/mol. The van der Waals surface area contributed by atoms with Gasteiger partial charge in [-0.3, -0.25) is 0 Å². The van der Waals surface area contributed by atoms with E-state index in [1.807, 2.05) is 47.1 Å². The summed E-state index contributed by atoms with van der Waals surface area (Å²) in [4.78, 5) is 16.2. The average molecular weight is 622 g/mol. The molecule has 0 spiro atoms. The number of hydrogen-bond donors (Lipinski definition) is 1. The van der Waals surface area contributed by atoms with Crippen molar-refractivity contribution in [1.82, 2.24) is 9.55 Å². The van der Waals surface area contributed by atoms with Crippen LogP contribution in [0.3, 0.4) is 0 Å². The first-order chi connectivity index (χ1) is 20.0. The van der Waals surface area contributed by atoms with E-state index in [9.17, 15) is 17.6 Å². The summed E-state index contributed by atoms with van der Waals surface area (Å²) >= 11 is 12.5. The molecule has 5 aromatic rings. The number of rotatable bonds is 8. The molecule has 0 radical (unpaired) electrons. The Hall–Kier alpha value is -4.24. The van der Waals surface area contributed by atoms with Crippen LogP contribution in [-0.2, 0) is 16.4 Å². The molecular formula is C32H23Cl2FN2O4S. The van der Waals surface area contributed by atoms with E-state index in [4.69, 9.17) is 33.3 Å². The predicted octanol–water partition coefficient (Wildman–Crippen LogP) is 7.98. The van der Waals surface area contributed by atoms with Gasteiger partial charge in [0.1, 0.15) is 11.6 Å². The molecule has 0 amide bonds. The fourth-order valence-electron chi connectivity index (χ4n) is 4.41. The summed E-state index contributed by atoms with van der Waals surface area (Å²) in [6, 6.07) is 23.5. The van der Waals surface area contributed by atoms with Gasteiger partial charge < -0.3 is 9.67 Å².